The number of nitrogens with zero attached hydrogens (tertiary/aromatic N) is 1. The number of ketones is 1. The van der Waals surface area contributed by atoms with Gasteiger partial charge in [0.1, 0.15) is 0 Å². The maximum atomic E-state index is 13.1. The first-order valence-electron chi connectivity index (χ1n) is 9.41. The van der Waals surface area contributed by atoms with Crippen LogP contribution in [0.25, 0.3) is 0 Å². The number of carbonyl (C=O) groups excluding carboxylic acids is 2. The summed E-state index contributed by atoms with van der Waals surface area (Å²) < 4.78 is 0. The normalized spacial score (nSPS) is 15.4. The number of amides is 1. The Morgan fingerprint density at radius 1 is 1.07 bits per heavy atom. The average Bonchev–Trinajstić information content (AvgIpc) is 3.12. The fourth-order valence-corrected chi connectivity index (χ4v) is 4.04. The topological polar surface area (TPSA) is 49.4 Å². The van der Waals surface area contributed by atoms with Crippen LogP contribution in [0.4, 0.5) is 5.69 Å². The Morgan fingerprint density at radius 3 is 2.43 bits per heavy atom. The Bertz CT molecular complexity index is 892. The quantitative estimate of drug-likeness (QED) is 0.662. The molecule has 148 valence electrons. The van der Waals surface area contributed by atoms with Crippen LogP contribution in [-0.4, -0.2) is 30.8 Å². The van der Waals surface area contributed by atoms with Crippen LogP contribution in [-0.2, 0) is 4.79 Å². The Morgan fingerprint density at radius 2 is 1.75 bits per heavy atom. The monoisotopic (exact) mass is 418 g/mol. The third kappa shape index (κ3) is 4.57. The lowest BCUT2D eigenvalue weighted by Gasteiger charge is -2.27. The van der Waals surface area contributed by atoms with Gasteiger partial charge < -0.3 is 10.2 Å². The maximum Gasteiger partial charge on any atom is 0.240 e. The third-order valence-electron chi connectivity index (χ3n) is 5.43. The van der Waals surface area contributed by atoms with Gasteiger partial charge in [0.25, 0.3) is 0 Å². The van der Waals surface area contributed by atoms with Crippen molar-refractivity contribution in [3.8, 4) is 0 Å². The van der Waals surface area contributed by atoms with E-state index in [4.69, 9.17) is 23.2 Å². The van der Waals surface area contributed by atoms with Gasteiger partial charge in [-0.05, 0) is 50.1 Å². The van der Waals surface area contributed by atoms with Crippen LogP contribution in [0.2, 0.25) is 10.0 Å². The van der Waals surface area contributed by atoms with Crippen LogP contribution in [0.5, 0.6) is 0 Å². The molecule has 0 atom stereocenters. The zero-order chi connectivity index (χ0) is 20.3. The SMILES string of the molecule is CN(C(=O)CNC1(C)CCCC1)c1ccc(Cl)cc1C(=O)c1ccccc1Cl. The molecule has 1 aliphatic rings. The number of halogens is 2. The molecule has 2 aromatic carbocycles. The summed E-state index contributed by atoms with van der Waals surface area (Å²) in [6, 6.07) is 11.8. The van der Waals surface area contributed by atoms with Crippen molar-refractivity contribution in [1.82, 2.24) is 5.32 Å². The highest BCUT2D eigenvalue weighted by molar-refractivity contribution is 6.36. The second-order valence-electron chi connectivity index (χ2n) is 7.54. The van der Waals surface area contributed by atoms with Gasteiger partial charge in [-0.25, -0.2) is 0 Å². The van der Waals surface area contributed by atoms with Crippen LogP contribution in [0.15, 0.2) is 42.5 Å². The van der Waals surface area contributed by atoms with Crippen molar-refractivity contribution in [3.05, 3.63) is 63.6 Å². The molecule has 4 nitrogen and oxygen atoms in total. The van der Waals surface area contributed by atoms with E-state index >= 15 is 0 Å². The molecule has 0 radical (unpaired) electrons. The summed E-state index contributed by atoms with van der Waals surface area (Å²) in [6.07, 6.45) is 4.50. The standard InChI is InChI=1S/C22H24Cl2N2O2/c1-22(11-5-6-12-22)25-14-20(27)26(2)19-10-9-15(23)13-17(19)21(28)16-7-3-4-8-18(16)24/h3-4,7-10,13,25H,5-6,11-12,14H2,1-2H3. The second kappa shape index (κ2) is 8.64. The summed E-state index contributed by atoms with van der Waals surface area (Å²) in [4.78, 5) is 27.4. The number of hydrogen-bond acceptors (Lipinski definition) is 3. The lowest BCUT2D eigenvalue weighted by Crippen LogP contribution is -2.46. The van der Waals surface area contributed by atoms with E-state index in [0.717, 1.165) is 12.8 Å². The lowest BCUT2D eigenvalue weighted by molar-refractivity contribution is -0.117. The van der Waals surface area contributed by atoms with Gasteiger partial charge in [0.05, 0.1) is 17.3 Å². The predicted molar refractivity (Wildman–Crippen MR) is 115 cm³/mol. The molecular formula is C22H24Cl2N2O2. The molecule has 0 bridgehead atoms. The largest absolute Gasteiger partial charge is 0.314 e. The van der Waals surface area contributed by atoms with Crippen LogP contribution in [0.1, 0.15) is 48.5 Å². The number of likely N-dealkylation sites (N-methyl/N-ethyl adjacent to an activating group) is 1. The van der Waals surface area contributed by atoms with E-state index in [1.54, 1.807) is 49.5 Å². The second-order valence-corrected chi connectivity index (χ2v) is 8.39. The summed E-state index contributed by atoms with van der Waals surface area (Å²) in [5.74, 6) is -0.373. The Kier molecular flexibility index (Phi) is 6.43. The van der Waals surface area contributed by atoms with E-state index in [2.05, 4.69) is 12.2 Å². The van der Waals surface area contributed by atoms with Crippen molar-refractivity contribution >= 4 is 40.6 Å². The van der Waals surface area contributed by atoms with Gasteiger partial charge in [0.15, 0.2) is 5.78 Å². The van der Waals surface area contributed by atoms with Gasteiger partial charge >= 0.3 is 0 Å². The first-order chi connectivity index (χ1) is 13.3. The first kappa shape index (κ1) is 20.8. The van der Waals surface area contributed by atoms with Crippen molar-refractivity contribution in [2.45, 2.75) is 38.1 Å². The number of benzene rings is 2. The zero-order valence-electron chi connectivity index (χ0n) is 16.1. The number of hydrogen-bond donors (Lipinski definition) is 1. The Balaban J connectivity index is 1.84. The highest BCUT2D eigenvalue weighted by Crippen LogP contribution is 2.30. The molecule has 1 amide bonds. The molecule has 0 heterocycles. The molecule has 0 unspecified atom stereocenters. The van der Waals surface area contributed by atoms with Crippen molar-refractivity contribution in [1.29, 1.82) is 0 Å². The Labute approximate surface area is 175 Å². The van der Waals surface area contributed by atoms with E-state index in [1.165, 1.54) is 17.7 Å². The van der Waals surface area contributed by atoms with Crippen molar-refractivity contribution in [2.24, 2.45) is 0 Å². The molecule has 28 heavy (non-hydrogen) atoms. The van der Waals surface area contributed by atoms with Crippen molar-refractivity contribution < 1.29 is 9.59 Å². The minimum absolute atomic E-state index is 0.00666. The maximum absolute atomic E-state index is 13.1. The number of anilines is 1. The van der Waals surface area contributed by atoms with Gasteiger partial charge in [-0.1, -0.05) is 48.2 Å². The van der Waals surface area contributed by atoms with E-state index in [9.17, 15) is 9.59 Å². The molecule has 3 rings (SSSR count). The number of nitrogens with one attached hydrogen (secondary N) is 1. The third-order valence-corrected chi connectivity index (χ3v) is 6.00. The molecule has 0 saturated heterocycles. The summed E-state index contributed by atoms with van der Waals surface area (Å²) in [6.45, 7) is 2.37. The van der Waals surface area contributed by atoms with Crippen LogP contribution >= 0.6 is 23.2 Å². The van der Waals surface area contributed by atoms with E-state index < -0.39 is 0 Å². The molecule has 6 heteroatoms. The predicted octanol–water partition coefficient (Wildman–Crippen LogP) is 5.11. The van der Waals surface area contributed by atoms with Gasteiger partial charge in [-0.2, -0.15) is 0 Å². The summed E-state index contributed by atoms with van der Waals surface area (Å²) in [5.41, 5.74) is 1.25. The van der Waals surface area contributed by atoms with Crippen molar-refractivity contribution in [2.75, 3.05) is 18.5 Å². The highest BCUT2D eigenvalue weighted by Gasteiger charge is 2.29. The van der Waals surface area contributed by atoms with E-state index in [1.807, 2.05) is 0 Å². The summed E-state index contributed by atoms with van der Waals surface area (Å²) in [7, 11) is 1.67. The molecule has 0 aromatic heterocycles. The Hall–Kier alpha value is -1.88. The average molecular weight is 419 g/mol. The minimum atomic E-state index is -0.265. The number of rotatable bonds is 6. The molecule has 1 N–H and O–H groups in total. The van der Waals surface area contributed by atoms with Gasteiger partial charge in [0, 0.05) is 28.7 Å². The molecule has 0 aliphatic heterocycles. The lowest BCUT2D eigenvalue weighted by atomic mass is 10.00. The smallest absolute Gasteiger partial charge is 0.240 e. The van der Waals surface area contributed by atoms with Gasteiger partial charge in [-0.15, -0.1) is 0 Å². The van der Waals surface area contributed by atoms with Crippen LogP contribution in [0, 0.1) is 0 Å². The summed E-state index contributed by atoms with van der Waals surface area (Å²) in [5, 5.41) is 4.18. The van der Waals surface area contributed by atoms with E-state index in [0.29, 0.717) is 26.9 Å². The molecular weight excluding hydrogens is 395 g/mol. The molecule has 0 spiro atoms. The fourth-order valence-electron chi connectivity index (χ4n) is 3.65. The number of carbonyl (C=O) groups is 2. The molecule has 1 saturated carbocycles. The first-order valence-corrected chi connectivity index (χ1v) is 10.2. The van der Waals surface area contributed by atoms with Crippen LogP contribution < -0.4 is 10.2 Å². The summed E-state index contributed by atoms with van der Waals surface area (Å²) >= 11 is 12.3. The fraction of sp³-hybridized carbons (Fsp3) is 0.364. The van der Waals surface area contributed by atoms with Crippen molar-refractivity contribution in [3.63, 3.8) is 0 Å². The zero-order valence-corrected chi connectivity index (χ0v) is 17.6. The molecule has 1 fully saturated rings. The molecule has 1 aliphatic carbocycles. The van der Waals surface area contributed by atoms with Gasteiger partial charge in [0.2, 0.25) is 5.91 Å². The van der Waals surface area contributed by atoms with Crippen LogP contribution in [0.3, 0.4) is 0 Å². The minimum Gasteiger partial charge on any atom is -0.314 e. The highest BCUT2D eigenvalue weighted by atomic mass is 35.5. The molecule has 2 aromatic rings. The van der Waals surface area contributed by atoms with Gasteiger partial charge in [-0.3, -0.25) is 9.59 Å². The van der Waals surface area contributed by atoms with E-state index in [-0.39, 0.29) is 23.8 Å².